The Bertz CT molecular complexity index is 643. The third-order valence-electron chi connectivity index (χ3n) is 3.09. The number of ether oxygens (including phenoxy) is 1. The van der Waals surface area contributed by atoms with Crippen molar-refractivity contribution < 1.29 is 9.53 Å². The summed E-state index contributed by atoms with van der Waals surface area (Å²) in [6, 6.07) is 11.2. The van der Waals surface area contributed by atoms with Crippen LogP contribution < -0.4 is 15.4 Å². The third kappa shape index (κ3) is 2.56. The Morgan fingerprint density at radius 1 is 1.40 bits per heavy atom. The highest BCUT2D eigenvalue weighted by Gasteiger charge is 2.25. The molecular formula is C15H15N3O2. The number of pyridine rings is 1. The van der Waals surface area contributed by atoms with E-state index >= 15 is 0 Å². The average Bonchev–Trinajstić information content (AvgIpc) is 2.47. The molecule has 3 rings (SSSR count). The van der Waals surface area contributed by atoms with Crippen LogP contribution in [0.4, 0.5) is 11.4 Å². The van der Waals surface area contributed by atoms with Gasteiger partial charge in [0.25, 0.3) is 5.91 Å². The fourth-order valence-electron chi connectivity index (χ4n) is 2.11. The normalized spacial score (nSPS) is 16.6. The zero-order valence-corrected chi connectivity index (χ0v) is 11.1. The van der Waals surface area contributed by atoms with E-state index in [0.717, 1.165) is 17.1 Å². The molecular weight excluding hydrogens is 254 g/mol. The Morgan fingerprint density at radius 2 is 2.25 bits per heavy atom. The van der Waals surface area contributed by atoms with Crippen LogP contribution in [0, 0.1) is 6.92 Å². The number of carbonyl (C=O) groups excluding carboxylic acids is 1. The molecule has 0 saturated carbocycles. The Hall–Kier alpha value is -2.56. The van der Waals surface area contributed by atoms with Gasteiger partial charge in [-0.1, -0.05) is 12.1 Å². The molecule has 1 aromatic heterocycles. The van der Waals surface area contributed by atoms with Crippen LogP contribution in [0.15, 0.2) is 42.6 Å². The Morgan fingerprint density at radius 3 is 3.10 bits per heavy atom. The van der Waals surface area contributed by atoms with Crippen molar-refractivity contribution in [2.75, 3.05) is 17.2 Å². The van der Waals surface area contributed by atoms with Crippen molar-refractivity contribution in [2.24, 2.45) is 0 Å². The van der Waals surface area contributed by atoms with Gasteiger partial charge in [0.05, 0.1) is 12.2 Å². The minimum absolute atomic E-state index is 0.169. The molecule has 1 aliphatic heterocycles. The number of fused-ring (bicyclic) bond motifs is 1. The SMILES string of the molecule is Cc1cc(NC(=O)C2CNc3ccccc3O2)ccn1. The molecule has 5 heteroatoms. The summed E-state index contributed by atoms with van der Waals surface area (Å²) < 4.78 is 5.71. The van der Waals surface area contributed by atoms with E-state index in [9.17, 15) is 4.79 Å². The van der Waals surface area contributed by atoms with Gasteiger partial charge in [-0.2, -0.15) is 0 Å². The van der Waals surface area contributed by atoms with Crippen LogP contribution in [0.1, 0.15) is 5.69 Å². The summed E-state index contributed by atoms with van der Waals surface area (Å²) in [5.74, 6) is 0.530. The summed E-state index contributed by atoms with van der Waals surface area (Å²) in [5, 5.41) is 6.03. The summed E-state index contributed by atoms with van der Waals surface area (Å²) in [5.41, 5.74) is 2.50. The van der Waals surface area contributed by atoms with Crippen molar-refractivity contribution in [3.05, 3.63) is 48.3 Å². The second-order valence-electron chi connectivity index (χ2n) is 4.66. The summed E-state index contributed by atoms with van der Waals surface area (Å²) >= 11 is 0. The lowest BCUT2D eigenvalue weighted by Gasteiger charge is -2.26. The van der Waals surface area contributed by atoms with Crippen LogP contribution in [0.25, 0.3) is 0 Å². The van der Waals surface area contributed by atoms with Crippen molar-refractivity contribution in [3.8, 4) is 5.75 Å². The highest BCUT2D eigenvalue weighted by Crippen LogP contribution is 2.28. The van der Waals surface area contributed by atoms with Crippen molar-refractivity contribution >= 4 is 17.3 Å². The number of rotatable bonds is 2. The second kappa shape index (κ2) is 5.21. The maximum atomic E-state index is 12.2. The van der Waals surface area contributed by atoms with Gasteiger partial charge < -0.3 is 15.4 Å². The second-order valence-corrected chi connectivity index (χ2v) is 4.66. The Labute approximate surface area is 117 Å². The number of benzene rings is 1. The van der Waals surface area contributed by atoms with E-state index in [4.69, 9.17) is 4.74 Å². The number of carbonyl (C=O) groups is 1. The van der Waals surface area contributed by atoms with Gasteiger partial charge in [0.2, 0.25) is 0 Å². The van der Waals surface area contributed by atoms with Gasteiger partial charge in [-0.05, 0) is 31.2 Å². The van der Waals surface area contributed by atoms with Crippen LogP contribution in [-0.4, -0.2) is 23.5 Å². The number of hydrogen-bond acceptors (Lipinski definition) is 4. The molecule has 0 radical (unpaired) electrons. The quantitative estimate of drug-likeness (QED) is 0.877. The minimum Gasteiger partial charge on any atom is -0.477 e. The number of aromatic nitrogens is 1. The predicted octanol–water partition coefficient (Wildman–Crippen LogP) is 2.20. The van der Waals surface area contributed by atoms with Gasteiger partial charge in [-0.25, -0.2) is 0 Å². The molecule has 0 fully saturated rings. The molecule has 1 unspecified atom stereocenters. The Balaban J connectivity index is 1.70. The first-order chi connectivity index (χ1) is 9.72. The van der Waals surface area contributed by atoms with E-state index in [2.05, 4.69) is 15.6 Å². The topological polar surface area (TPSA) is 63.2 Å². The van der Waals surface area contributed by atoms with Crippen LogP contribution in [-0.2, 0) is 4.79 Å². The molecule has 0 saturated heterocycles. The highest BCUT2D eigenvalue weighted by molar-refractivity contribution is 5.95. The average molecular weight is 269 g/mol. The first kappa shape index (κ1) is 12.5. The number of nitrogens with zero attached hydrogens (tertiary/aromatic N) is 1. The molecule has 0 spiro atoms. The van der Waals surface area contributed by atoms with Crippen molar-refractivity contribution in [3.63, 3.8) is 0 Å². The minimum atomic E-state index is -0.543. The van der Waals surface area contributed by atoms with E-state index in [0.29, 0.717) is 12.3 Å². The highest BCUT2D eigenvalue weighted by atomic mass is 16.5. The smallest absolute Gasteiger partial charge is 0.267 e. The fraction of sp³-hybridized carbons (Fsp3) is 0.200. The summed E-state index contributed by atoms with van der Waals surface area (Å²) in [7, 11) is 0. The largest absolute Gasteiger partial charge is 0.477 e. The summed E-state index contributed by atoms with van der Waals surface area (Å²) in [6.45, 7) is 2.33. The molecule has 1 amide bonds. The summed E-state index contributed by atoms with van der Waals surface area (Å²) in [6.07, 6.45) is 1.12. The zero-order valence-electron chi connectivity index (χ0n) is 11.1. The monoisotopic (exact) mass is 269 g/mol. The Kier molecular flexibility index (Phi) is 3.25. The van der Waals surface area contributed by atoms with Gasteiger partial charge in [0.1, 0.15) is 5.75 Å². The van der Waals surface area contributed by atoms with Gasteiger partial charge >= 0.3 is 0 Å². The first-order valence-corrected chi connectivity index (χ1v) is 6.45. The van der Waals surface area contributed by atoms with Crippen LogP contribution in [0.3, 0.4) is 0 Å². The molecule has 2 heterocycles. The lowest BCUT2D eigenvalue weighted by atomic mass is 10.2. The van der Waals surface area contributed by atoms with E-state index in [1.54, 1.807) is 12.3 Å². The maximum absolute atomic E-state index is 12.2. The molecule has 2 N–H and O–H groups in total. The number of para-hydroxylation sites is 2. The van der Waals surface area contributed by atoms with Crippen LogP contribution >= 0.6 is 0 Å². The molecule has 5 nitrogen and oxygen atoms in total. The number of anilines is 2. The van der Waals surface area contributed by atoms with E-state index in [-0.39, 0.29) is 5.91 Å². The van der Waals surface area contributed by atoms with Crippen molar-refractivity contribution in [2.45, 2.75) is 13.0 Å². The fourth-order valence-corrected chi connectivity index (χ4v) is 2.11. The predicted molar refractivity (Wildman–Crippen MR) is 77.0 cm³/mol. The summed E-state index contributed by atoms with van der Waals surface area (Å²) in [4.78, 5) is 16.3. The molecule has 0 aliphatic carbocycles. The lowest BCUT2D eigenvalue weighted by molar-refractivity contribution is -0.122. The molecule has 1 aliphatic rings. The number of hydrogen-bond donors (Lipinski definition) is 2. The number of aryl methyl sites for hydroxylation is 1. The molecule has 2 aromatic rings. The zero-order chi connectivity index (χ0) is 13.9. The van der Waals surface area contributed by atoms with Gasteiger partial charge in [-0.3, -0.25) is 9.78 Å². The van der Waals surface area contributed by atoms with Gasteiger partial charge in [-0.15, -0.1) is 0 Å². The van der Waals surface area contributed by atoms with Crippen LogP contribution in [0.2, 0.25) is 0 Å². The molecule has 1 aromatic carbocycles. The van der Waals surface area contributed by atoms with Gasteiger partial charge in [0, 0.05) is 17.6 Å². The first-order valence-electron chi connectivity index (χ1n) is 6.45. The molecule has 102 valence electrons. The maximum Gasteiger partial charge on any atom is 0.267 e. The third-order valence-corrected chi connectivity index (χ3v) is 3.09. The van der Waals surface area contributed by atoms with E-state index in [1.165, 1.54) is 0 Å². The van der Waals surface area contributed by atoms with Gasteiger partial charge in [0.15, 0.2) is 6.10 Å². The standard InChI is InChI=1S/C15H15N3O2/c1-10-8-11(6-7-16-10)18-15(19)14-9-17-12-4-2-3-5-13(12)20-14/h2-8,14,17H,9H2,1H3,(H,16,18,19). The van der Waals surface area contributed by atoms with Crippen molar-refractivity contribution in [1.82, 2.24) is 4.98 Å². The molecule has 20 heavy (non-hydrogen) atoms. The molecule has 0 bridgehead atoms. The van der Waals surface area contributed by atoms with E-state index < -0.39 is 6.10 Å². The number of amides is 1. The number of nitrogens with one attached hydrogen (secondary N) is 2. The molecule has 1 atom stereocenters. The lowest BCUT2D eigenvalue weighted by Crippen LogP contribution is -2.41. The van der Waals surface area contributed by atoms with E-state index in [1.807, 2.05) is 37.3 Å². The van der Waals surface area contributed by atoms with Crippen LogP contribution in [0.5, 0.6) is 5.75 Å². The van der Waals surface area contributed by atoms with Crippen molar-refractivity contribution in [1.29, 1.82) is 0 Å².